The number of nitrogens with one attached hydrogen (secondary N) is 1. The number of nitro benzene ring substituents is 1. The number of rotatable bonds is 7. The number of aromatic nitrogens is 1. The molecule has 1 aliphatic carbocycles. The molecular weight excluding hydrogens is 404 g/mol. The standard InChI is InChI=1S/C21H22N4O6/c1-29-18-9-16(17(25(27)28)10-19(18)30-2)21(26)24-14-4-6-15(7-5-14)31-20-8-3-13(11-22)12-23-20/h3,8-10,12,14-15H,4-7H2,1-2H3,(H,24,26). The third-order valence-electron chi connectivity index (χ3n) is 5.11. The van der Waals surface area contributed by atoms with Crippen molar-refractivity contribution in [3.05, 3.63) is 51.7 Å². The highest BCUT2D eigenvalue weighted by Crippen LogP contribution is 2.34. The smallest absolute Gasteiger partial charge is 0.286 e. The van der Waals surface area contributed by atoms with Gasteiger partial charge in [-0.05, 0) is 31.7 Å². The monoisotopic (exact) mass is 426 g/mol. The molecule has 1 N–H and O–H groups in total. The first-order valence-electron chi connectivity index (χ1n) is 9.69. The van der Waals surface area contributed by atoms with Crippen LogP contribution in [0.4, 0.5) is 5.69 Å². The molecule has 0 unspecified atom stereocenters. The number of hydrogen-bond acceptors (Lipinski definition) is 8. The fraction of sp³-hybridized carbons (Fsp3) is 0.381. The molecule has 0 aliphatic heterocycles. The second-order valence-electron chi connectivity index (χ2n) is 7.04. The number of pyridine rings is 1. The van der Waals surface area contributed by atoms with Crippen molar-refractivity contribution < 1.29 is 23.9 Å². The zero-order chi connectivity index (χ0) is 22.4. The molecule has 0 atom stereocenters. The van der Waals surface area contributed by atoms with Crippen LogP contribution in [0.2, 0.25) is 0 Å². The summed E-state index contributed by atoms with van der Waals surface area (Å²) in [5.74, 6) is 0.336. The number of carbonyl (C=O) groups is 1. The van der Waals surface area contributed by atoms with Crippen LogP contribution in [0.1, 0.15) is 41.6 Å². The number of nitriles is 1. The van der Waals surface area contributed by atoms with E-state index in [0.717, 1.165) is 0 Å². The van der Waals surface area contributed by atoms with Crippen molar-refractivity contribution in [1.82, 2.24) is 10.3 Å². The molecule has 3 rings (SSSR count). The second kappa shape index (κ2) is 9.75. The predicted octanol–water partition coefficient (Wildman–Crippen LogP) is 3.00. The van der Waals surface area contributed by atoms with Gasteiger partial charge in [0.25, 0.3) is 11.6 Å². The molecule has 0 saturated heterocycles. The van der Waals surface area contributed by atoms with E-state index in [9.17, 15) is 14.9 Å². The summed E-state index contributed by atoms with van der Waals surface area (Å²) in [6.07, 6.45) is 4.11. The number of nitro groups is 1. The molecule has 10 nitrogen and oxygen atoms in total. The zero-order valence-corrected chi connectivity index (χ0v) is 17.2. The Bertz CT molecular complexity index is 994. The Balaban J connectivity index is 1.62. The number of carbonyl (C=O) groups excluding carboxylic acids is 1. The molecule has 10 heteroatoms. The number of amides is 1. The van der Waals surface area contributed by atoms with Gasteiger partial charge < -0.3 is 19.5 Å². The number of hydrogen-bond donors (Lipinski definition) is 1. The van der Waals surface area contributed by atoms with Gasteiger partial charge in [-0.25, -0.2) is 4.98 Å². The molecule has 1 fully saturated rings. The van der Waals surface area contributed by atoms with E-state index in [4.69, 9.17) is 19.5 Å². The lowest BCUT2D eigenvalue weighted by molar-refractivity contribution is -0.385. The molecular formula is C21H22N4O6. The van der Waals surface area contributed by atoms with E-state index in [1.165, 1.54) is 32.5 Å². The second-order valence-corrected chi connectivity index (χ2v) is 7.04. The van der Waals surface area contributed by atoms with E-state index >= 15 is 0 Å². The van der Waals surface area contributed by atoms with Crippen LogP contribution in [0.25, 0.3) is 0 Å². The molecule has 1 heterocycles. The van der Waals surface area contributed by atoms with Gasteiger partial charge in [-0.3, -0.25) is 14.9 Å². The molecule has 1 saturated carbocycles. The average Bonchev–Trinajstić information content (AvgIpc) is 2.79. The summed E-state index contributed by atoms with van der Waals surface area (Å²) in [4.78, 5) is 27.7. The van der Waals surface area contributed by atoms with Crippen molar-refractivity contribution in [3.8, 4) is 23.4 Å². The third kappa shape index (κ3) is 5.19. The predicted molar refractivity (Wildman–Crippen MR) is 109 cm³/mol. The number of methoxy groups -OCH3 is 2. The van der Waals surface area contributed by atoms with E-state index in [1.807, 2.05) is 6.07 Å². The van der Waals surface area contributed by atoms with E-state index in [-0.39, 0.29) is 34.9 Å². The Kier molecular flexibility index (Phi) is 6.87. The van der Waals surface area contributed by atoms with Crippen molar-refractivity contribution in [3.63, 3.8) is 0 Å². The van der Waals surface area contributed by atoms with Crippen LogP contribution < -0.4 is 19.5 Å². The van der Waals surface area contributed by atoms with Gasteiger partial charge in [-0.2, -0.15) is 5.26 Å². The molecule has 162 valence electrons. The van der Waals surface area contributed by atoms with Crippen LogP contribution in [0.3, 0.4) is 0 Å². The molecule has 0 bridgehead atoms. The van der Waals surface area contributed by atoms with E-state index < -0.39 is 10.8 Å². The quantitative estimate of drug-likeness (QED) is 0.527. The lowest BCUT2D eigenvalue weighted by atomic mass is 9.92. The molecule has 1 aromatic heterocycles. The lowest BCUT2D eigenvalue weighted by Gasteiger charge is -2.29. The van der Waals surface area contributed by atoms with Crippen LogP contribution in [0.15, 0.2) is 30.5 Å². The van der Waals surface area contributed by atoms with Gasteiger partial charge in [0.1, 0.15) is 17.7 Å². The first-order valence-corrected chi connectivity index (χ1v) is 9.69. The number of benzene rings is 1. The Morgan fingerprint density at radius 2 is 1.87 bits per heavy atom. The van der Waals surface area contributed by atoms with Crippen LogP contribution in [0, 0.1) is 21.4 Å². The minimum absolute atomic E-state index is 0.0518. The molecule has 31 heavy (non-hydrogen) atoms. The van der Waals surface area contributed by atoms with Gasteiger partial charge in [0.2, 0.25) is 5.88 Å². The normalized spacial score (nSPS) is 17.8. The van der Waals surface area contributed by atoms with Gasteiger partial charge >= 0.3 is 0 Å². The molecule has 0 spiro atoms. The van der Waals surface area contributed by atoms with Gasteiger partial charge in [-0.1, -0.05) is 0 Å². The minimum Gasteiger partial charge on any atom is -0.493 e. The summed E-state index contributed by atoms with van der Waals surface area (Å²) in [5.41, 5.74) is 0.0323. The van der Waals surface area contributed by atoms with Crippen molar-refractivity contribution in [2.24, 2.45) is 0 Å². The molecule has 1 aliphatic rings. The lowest BCUT2D eigenvalue weighted by Crippen LogP contribution is -2.40. The maximum Gasteiger partial charge on any atom is 0.286 e. The molecule has 1 amide bonds. The number of nitrogens with zero attached hydrogens (tertiary/aromatic N) is 3. The Morgan fingerprint density at radius 3 is 2.42 bits per heavy atom. The van der Waals surface area contributed by atoms with Crippen molar-refractivity contribution in [1.29, 1.82) is 5.26 Å². The van der Waals surface area contributed by atoms with E-state index in [0.29, 0.717) is 37.1 Å². The van der Waals surface area contributed by atoms with Gasteiger partial charge in [0.15, 0.2) is 11.5 Å². The maximum atomic E-state index is 12.8. The highest BCUT2D eigenvalue weighted by atomic mass is 16.6. The summed E-state index contributed by atoms with van der Waals surface area (Å²) in [6.45, 7) is 0. The average molecular weight is 426 g/mol. The summed E-state index contributed by atoms with van der Waals surface area (Å²) in [5, 5.41) is 23.1. The summed E-state index contributed by atoms with van der Waals surface area (Å²) in [6, 6.07) is 7.67. The fourth-order valence-electron chi connectivity index (χ4n) is 3.48. The van der Waals surface area contributed by atoms with Crippen molar-refractivity contribution in [2.75, 3.05) is 14.2 Å². The summed E-state index contributed by atoms with van der Waals surface area (Å²) < 4.78 is 16.1. The molecule has 0 radical (unpaired) electrons. The number of ether oxygens (including phenoxy) is 3. The maximum absolute atomic E-state index is 12.8. The SMILES string of the molecule is COc1cc(C(=O)NC2CCC(Oc3ccc(C#N)cn3)CC2)c([N+](=O)[O-])cc1OC. The summed E-state index contributed by atoms with van der Waals surface area (Å²) >= 11 is 0. The fourth-order valence-corrected chi connectivity index (χ4v) is 3.48. The largest absolute Gasteiger partial charge is 0.493 e. The van der Waals surface area contributed by atoms with Crippen molar-refractivity contribution >= 4 is 11.6 Å². The van der Waals surface area contributed by atoms with E-state index in [1.54, 1.807) is 12.1 Å². The van der Waals surface area contributed by atoms with Crippen LogP contribution in [0.5, 0.6) is 17.4 Å². The molecule has 2 aromatic rings. The Labute approximate surface area is 178 Å². The Morgan fingerprint density at radius 1 is 1.19 bits per heavy atom. The van der Waals surface area contributed by atoms with Gasteiger partial charge in [0, 0.05) is 24.4 Å². The third-order valence-corrected chi connectivity index (χ3v) is 5.11. The zero-order valence-electron chi connectivity index (χ0n) is 17.2. The first-order chi connectivity index (χ1) is 14.9. The topological polar surface area (TPSA) is 137 Å². The van der Waals surface area contributed by atoms with Gasteiger partial charge in [-0.15, -0.1) is 0 Å². The summed E-state index contributed by atoms with van der Waals surface area (Å²) in [7, 11) is 2.77. The van der Waals surface area contributed by atoms with E-state index in [2.05, 4.69) is 10.3 Å². The molecule has 1 aromatic carbocycles. The minimum atomic E-state index is -0.619. The Hall–Kier alpha value is -3.87. The van der Waals surface area contributed by atoms with Gasteiger partial charge in [0.05, 0.1) is 30.8 Å². The van der Waals surface area contributed by atoms with Crippen LogP contribution in [-0.2, 0) is 0 Å². The highest BCUT2D eigenvalue weighted by Gasteiger charge is 2.28. The van der Waals surface area contributed by atoms with Crippen LogP contribution >= 0.6 is 0 Å². The van der Waals surface area contributed by atoms with Crippen molar-refractivity contribution in [2.45, 2.75) is 37.8 Å². The highest BCUT2D eigenvalue weighted by molar-refractivity contribution is 5.99. The van der Waals surface area contributed by atoms with Crippen LogP contribution in [-0.4, -0.2) is 42.2 Å². The first kappa shape index (κ1) is 21.8.